The molecule has 1 aliphatic rings. The molecule has 4 nitrogen and oxygen atoms in total. The first-order valence-corrected chi connectivity index (χ1v) is 4.39. The predicted octanol–water partition coefficient (Wildman–Crippen LogP) is 1.15. The third-order valence-corrected chi connectivity index (χ3v) is 1.97. The highest BCUT2D eigenvalue weighted by Crippen LogP contribution is 2.11. The SMILES string of the molecule is O=C1COC(c2ccc(Cl)cc2)=NN1. The van der Waals surface area contributed by atoms with Gasteiger partial charge in [0.25, 0.3) is 5.91 Å². The Morgan fingerprint density at radius 3 is 2.64 bits per heavy atom. The Morgan fingerprint density at radius 1 is 1.36 bits per heavy atom. The highest BCUT2D eigenvalue weighted by Gasteiger charge is 2.13. The fraction of sp³-hybridized carbons (Fsp3) is 0.111. The molecule has 0 aromatic heterocycles. The van der Waals surface area contributed by atoms with Crippen LogP contribution in [0, 0.1) is 0 Å². The number of hydrazone groups is 1. The fourth-order valence-electron chi connectivity index (χ4n) is 1.05. The van der Waals surface area contributed by atoms with E-state index in [2.05, 4.69) is 10.5 Å². The topological polar surface area (TPSA) is 50.7 Å². The van der Waals surface area contributed by atoms with E-state index in [1.807, 2.05) is 0 Å². The van der Waals surface area contributed by atoms with E-state index in [0.717, 1.165) is 5.56 Å². The van der Waals surface area contributed by atoms with E-state index in [1.165, 1.54) is 0 Å². The second kappa shape index (κ2) is 3.67. The van der Waals surface area contributed by atoms with Crippen LogP contribution in [0.1, 0.15) is 5.56 Å². The normalized spacial score (nSPS) is 15.5. The number of amides is 1. The lowest BCUT2D eigenvalue weighted by Gasteiger charge is -2.13. The zero-order valence-electron chi connectivity index (χ0n) is 7.16. The number of halogens is 1. The number of carbonyl (C=O) groups excluding carboxylic acids is 1. The van der Waals surface area contributed by atoms with Gasteiger partial charge in [-0.3, -0.25) is 4.79 Å². The van der Waals surface area contributed by atoms with Crippen LogP contribution in [-0.2, 0) is 9.53 Å². The largest absolute Gasteiger partial charge is 0.466 e. The quantitative estimate of drug-likeness (QED) is 0.756. The van der Waals surface area contributed by atoms with Crippen LogP contribution in [0.3, 0.4) is 0 Å². The smallest absolute Gasteiger partial charge is 0.278 e. The van der Waals surface area contributed by atoms with Crippen LogP contribution >= 0.6 is 11.6 Å². The number of benzene rings is 1. The first-order chi connectivity index (χ1) is 6.75. The molecule has 0 saturated heterocycles. The van der Waals surface area contributed by atoms with Gasteiger partial charge in [0.05, 0.1) is 0 Å². The standard InChI is InChI=1S/C9H7ClN2O2/c10-7-3-1-6(2-4-7)9-12-11-8(13)5-14-9/h1-4H,5H2,(H,11,13). The van der Waals surface area contributed by atoms with Gasteiger partial charge in [0.1, 0.15) is 0 Å². The monoisotopic (exact) mass is 210 g/mol. The van der Waals surface area contributed by atoms with Crippen LogP contribution in [-0.4, -0.2) is 18.4 Å². The van der Waals surface area contributed by atoms with E-state index in [4.69, 9.17) is 16.3 Å². The van der Waals surface area contributed by atoms with Crippen molar-refractivity contribution in [1.29, 1.82) is 0 Å². The average molecular weight is 211 g/mol. The first-order valence-electron chi connectivity index (χ1n) is 4.01. The zero-order valence-corrected chi connectivity index (χ0v) is 7.91. The molecule has 0 unspecified atom stereocenters. The van der Waals surface area contributed by atoms with Gasteiger partial charge in [0.15, 0.2) is 6.61 Å². The molecule has 0 radical (unpaired) electrons. The summed E-state index contributed by atoms with van der Waals surface area (Å²) in [5.74, 6) is 0.156. The van der Waals surface area contributed by atoms with Crippen molar-refractivity contribution in [3.63, 3.8) is 0 Å². The van der Waals surface area contributed by atoms with Gasteiger partial charge in [-0.15, -0.1) is 5.10 Å². The van der Waals surface area contributed by atoms with Crippen molar-refractivity contribution in [3.05, 3.63) is 34.9 Å². The maximum Gasteiger partial charge on any atom is 0.278 e. The first kappa shape index (κ1) is 9.02. The van der Waals surface area contributed by atoms with Gasteiger partial charge < -0.3 is 4.74 Å². The predicted molar refractivity (Wildman–Crippen MR) is 52.1 cm³/mol. The lowest BCUT2D eigenvalue weighted by molar-refractivity contribution is -0.124. The van der Waals surface area contributed by atoms with E-state index in [1.54, 1.807) is 24.3 Å². The highest BCUT2D eigenvalue weighted by atomic mass is 35.5. The summed E-state index contributed by atoms with van der Waals surface area (Å²) in [5, 5.41) is 4.41. The molecular weight excluding hydrogens is 204 g/mol. The summed E-state index contributed by atoms with van der Waals surface area (Å²) >= 11 is 5.72. The Kier molecular flexibility index (Phi) is 2.37. The highest BCUT2D eigenvalue weighted by molar-refractivity contribution is 6.30. The number of hydrogen-bond donors (Lipinski definition) is 1. The van der Waals surface area contributed by atoms with E-state index in [0.29, 0.717) is 10.9 Å². The number of nitrogens with one attached hydrogen (secondary N) is 1. The summed E-state index contributed by atoms with van der Waals surface area (Å²) in [4.78, 5) is 10.7. The molecular formula is C9H7ClN2O2. The summed E-state index contributed by atoms with van der Waals surface area (Å²) in [6.07, 6.45) is 0. The molecule has 5 heteroatoms. The lowest BCUT2D eigenvalue weighted by atomic mass is 10.2. The van der Waals surface area contributed by atoms with Crippen molar-refractivity contribution in [2.45, 2.75) is 0 Å². The van der Waals surface area contributed by atoms with Crippen LogP contribution in [0.15, 0.2) is 29.4 Å². The molecule has 1 N–H and O–H groups in total. The van der Waals surface area contributed by atoms with Crippen LogP contribution in [0.4, 0.5) is 0 Å². The molecule has 1 aromatic carbocycles. The Hall–Kier alpha value is -1.55. The van der Waals surface area contributed by atoms with Crippen LogP contribution < -0.4 is 5.43 Å². The third kappa shape index (κ3) is 1.85. The van der Waals surface area contributed by atoms with Gasteiger partial charge in [-0.1, -0.05) is 11.6 Å². The number of hydrogen-bond acceptors (Lipinski definition) is 3. The van der Waals surface area contributed by atoms with Crippen LogP contribution in [0.25, 0.3) is 0 Å². The number of nitrogens with zero attached hydrogens (tertiary/aromatic N) is 1. The van der Waals surface area contributed by atoms with Gasteiger partial charge in [-0.25, -0.2) is 5.43 Å². The van der Waals surface area contributed by atoms with Crippen molar-refractivity contribution in [2.75, 3.05) is 6.61 Å². The molecule has 0 saturated carbocycles. The molecule has 0 aliphatic carbocycles. The minimum atomic E-state index is -0.247. The summed E-state index contributed by atoms with van der Waals surface area (Å²) < 4.78 is 5.11. The molecule has 1 aromatic rings. The molecule has 1 aliphatic heterocycles. The second-order valence-electron chi connectivity index (χ2n) is 2.75. The lowest BCUT2D eigenvalue weighted by Crippen LogP contribution is -2.32. The Morgan fingerprint density at radius 2 is 2.07 bits per heavy atom. The van der Waals surface area contributed by atoms with Crippen molar-refractivity contribution in [2.24, 2.45) is 5.10 Å². The summed E-state index contributed by atoms with van der Waals surface area (Å²) in [7, 11) is 0. The summed E-state index contributed by atoms with van der Waals surface area (Å²) in [5.41, 5.74) is 3.12. The molecule has 1 heterocycles. The maximum atomic E-state index is 10.7. The molecule has 0 spiro atoms. The van der Waals surface area contributed by atoms with E-state index in [-0.39, 0.29) is 12.5 Å². The minimum Gasteiger partial charge on any atom is -0.466 e. The molecule has 0 fully saturated rings. The van der Waals surface area contributed by atoms with Gasteiger partial charge in [-0.2, -0.15) is 0 Å². The molecule has 1 amide bonds. The van der Waals surface area contributed by atoms with Gasteiger partial charge in [0.2, 0.25) is 5.90 Å². The Bertz CT molecular complexity index is 386. The maximum absolute atomic E-state index is 10.7. The molecule has 0 bridgehead atoms. The van der Waals surface area contributed by atoms with Gasteiger partial charge in [0, 0.05) is 10.6 Å². The van der Waals surface area contributed by atoms with Crippen LogP contribution in [0.2, 0.25) is 5.02 Å². The zero-order chi connectivity index (χ0) is 9.97. The molecule has 0 atom stereocenters. The van der Waals surface area contributed by atoms with Crippen molar-refractivity contribution < 1.29 is 9.53 Å². The number of ether oxygens (including phenoxy) is 1. The van der Waals surface area contributed by atoms with Gasteiger partial charge >= 0.3 is 0 Å². The van der Waals surface area contributed by atoms with Crippen molar-refractivity contribution >= 4 is 23.4 Å². The summed E-state index contributed by atoms with van der Waals surface area (Å²) in [6, 6.07) is 7.02. The number of rotatable bonds is 1. The summed E-state index contributed by atoms with van der Waals surface area (Å²) in [6.45, 7) is 0.00145. The van der Waals surface area contributed by atoms with Crippen molar-refractivity contribution in [3.8, 4) is 0 Å². The van der Waals surface area contributed by atoms with Gasteiger partial charge in [-0.05, 0) is 24.3 Å². The Labute approximate surface area is 85.5 Å². The van der Waals surface area contributed by atoms with Crippen molar-refractivity contribution in [1.82, 2.24) is 5.43 Å². The third-order valence-electron chi connectivity index (χ3n) is 1.71. The minimum absolute atomic E-state index is 0.00145. The van der Waals surface area contributed by atoms with Crippen LogP contribution in [0.5, 0.6) is 0 Å². The average Bonchev–Trinajstić information content (AvgIpc) is 2.21. The fourth-order valence-corrected chi connectivity index (χ4v) is 1.18. The second-order valence-corrected chi connectivity index (χ2v) is 3.18. The molecule has 72 valence electrons. The van der Waals surface area contributed by atoms with E-state index in [9.17, 15) is 4.79 Å². The molecule has 2 rings (SSSR count). The molecule has 14 heavy (non-hydrogen) atoms. The van der Waals surface area contributed by atoms with E-state index >= 15 is 0 Å². The Balaban J connectivity index is 2.23. The van der Waals surface area contributed by atoms with E-state index < -0.39 is 0 Å². The number of carbonyl (C=O) groups is 1.